The lowest BCUT2D eigenvalue weighted by Gasteiger charge is -2.09. The number of amides is 1. The van der Waals surface area contributed by atoms with Crippen molar-refractivity contribution in [2.24, 2.45) is 0 Å². The molecule has 0 radical (unpaired) electrons. The highest BCUT2D eigenvalue weighted by Crippen LogP contribution is 2.33. The van der Waals surface area contributed by atoms with Gasteiger partial charge in [-0.2, -0.15) is 13.2 Å². The molecular weight excluding hydrogens is 423 g/mol. The zero-order chi connectivity index (χ0) is 21.7. The third-order valence-electron chi connectivity index (χ3n) is 3.84. The first kappa shape index (κ1) is 21.5. The number of carbonyl (C=O) groups excluding carboxylic acids is 1. The maximum Gasteiger partial charge on any atom is 0.416 e. The Morgan fingerprint density at radius 3 is 2.57 bits per heavy atom. The van der Waals surface area contributed by atoms with Crippen molar-refractivity contribution >= 4 is 23.4 Å². The third kappa shape index (κ3) is 5.23. The summed E-state index contributed by atoms with van der Waals surface area (Å²) in [7, 11) is 3.02. The molecule has 0 fully saturated rings. The molecule has 3 aromatic rings. The smallest absolute Gasteiger partial charge is 0.416 e. The van der Waals surface area contributed by atoms with E-state index >= 15 is 0 Å². The molecule has 3 rings (SSSR count). The Kier molecular flexibility index (Phi) is 6.50. The minimum absolute atomic E-state index is 0.0481. The average Bonchev–Trinajstić information content (AvgIpc) is 3.20. The van der Waals surface area contributed by atoms with Crippen LogP contribution in [0.4, 0.5) is 18.9 Å². The van der Waals surface area contributed by atoms with Gasteiger partial charge >= 0.3 is 6.18 Å². The molecule has 0 aliphatic carbocycles. The van der Waals surface area contributed by atoms with Crippen LogP contribution < -0.4 is 14.8 Å². The predicted octanol–water partition coefficient (Wildman–Crippen LogP) is 4.50. The van der Waals surface area contributed by atoms with E-state index in [0.717, 1.165) is 23.9 Å². The molecule has 2 aromatic carbocycles. The number of hydrogen-bond acceptors (Lipinski definition) is 7. The summed E-state index contributed by atoms with van der Waals surface area (Å²) in [6.07, 6.45) is -4.49. The molecule has 1 N–H and O–H groups in total. The summed E-state index contributed by atoms with van der Waals surface area (Å²) < 4.78 is 54.2. The lowest BCUT2D eigenvalue weighted by molar-refractivity contribution is -0.137. The van der Waals surface area contributed by atoms with Crippen molar-refractivity contribution in [3.8, 4) is 23.0 Å². The van der Waals surface area contributed by atoms with E-state index in [0.29, 0.717) is 17.1 Å². The Morgan fingerprint density at radius 2 is 1.87 bits per heavy atom. The number of alkyl halides is 3. The van der Waals surface area contributed by atoms with Gasteiger partial charge in [0.2, 0.25) is 11.8 Å². The molecule has 0 saturated carbocycles. The lowest BCUT2D eigenvalue weighted by Crippen LogP contribution is -2.15. The maximum absolute atomic E-state index is 12.7. The van der Waals surface area contributed by atoms with Gasteiger partial charge in [0.1, 0.15) is 0 Å². The first-order chi connectivity index (χ1) is 14.3. The molecule has 0 spiro atoms. The normalized spacial score (nSPS) is 11.2. The largest absolute Gasteiger partial charge is 0.493 e. The maximum atomic E-state index is 12.7. The van der Waals surface area contributed by atoms with Crippen LogP contribution in [0.1, 0.15) is 5.56 Å². The van der Waals surface area contributed by atoms with Gasteiger partial charge < -0.3 is 19.2 Å². The monoisotopic (exact) mass is 439 g/mol. The molecule has 0 aliphatic heterocycles. The van der Waals surface area contributed by atoms with Crippen molar-refractivity contribution in [3.05, 3.63) is 48.0 Å². The van der Waals surface area contributed by atoms with E-state index in [4.69, 9.17) is 13.9 Å². The van der Waals surface area contributed by atoms with E-state index in [-0.39, 0.29) is 22.6 Å². The highest BCUT2D eigenvalue weighted by Gasteiger charge is 2.30. The molecule has 0 atom stereocenters. The van der Waals surface area contributed by atoms with Gasteiger partial charge in [-0.05, 0) is 36.4 Å². The van der Waals surface area contributed by atoms with Gasteiger partial charge in [-0.1, -0.05) is 17.8 Å². The predicted molar refractivity (Wildman–Crippen MR) is 104 cm³/mol. The lowest BCUT2D eigenvalue weighted by atomic mass is 10.2. The Bertz CT molecular complexity index is 1040. The number of halogens is 3. The van der Waals surface area contributed by atoms with E-state index in [2.05, 4.69) is 15.5 Å². The summed E-state index contributed by atoms with van der Waals surface area (Å²) in [6.45, 7) is 0. The Hall–Kier alpha value is -3.21. The number of nitrogens with zero attached hydrogens (tertiary/aromatic N) is 2. The second kappa shape index (κ2) is 9.08. The number of hydrogen-bond donors (Lipinski definition) is 1. The van der Waals surface area contributed by atoms with Gasteiger partial charge in [-0.3, -0.25) is 4.79 Å². The number of ether oxygens (including phenoxy) is 2. The van der Waals surface area contributed by atoms with Crippen LogP contribution in [0, 0.1) is 0 Å². The van der Waals surface area contributed by atoms with Crippen LogP contribution >= 0.6 is 11.8 Å². The SMILES string of the molecule is COc1ccc(-c2nnc(SCC(=O)Nc3cccc(C(F)(F)F)c3)o2)cc1OC. The van der Waals surface area contributed by atoms with Gasteiger partial charge in [0.25, 0.3) is 5.22 Å². The molecule has 1 aromatic heterocycles. The first-order valence-electron chi connectivity index (χ1n) is 8.46. The number of benzene rings is 2. The molecule has 0 unspecified atom stereocenters. The quantitative estimate of drug-likeness (QED) is 0.542. The molecule has 11 heteroatoms. The zero-order valence-corrected chi connectivity index (χ0v) is 16.6. The summed E-state index contributed by atoms with van der Waals surface area (Å²) in [5.41, 5.74) is -0.197. The van der Waals surface area contributed by atoms with Gasteiger partial charge in [-0.15, -0.1) is 10.2 Å². The van der Waals surface area contributed by atoms with Crippen LogP contribution in [0.5, 0.6) is 11.5 Å². The Balaban J connectivity index is 1.61. The Labute approximate surface area is 173 Å². The molecule has 158 valence electrons. The number of nitrogens with one attached hydrogen (secondary N) is 1. The Morgan fingerprint density at radius 1 is 1.10 bits per heavy atom. The molecular formula is C19H16F3N3O4S. The number of carbonyl (C=O) groups is 1. The minimum Gasteiger partial charge on any atom is -0.493 e. The highest BCUT2D eigenvalue weighted by molar-refractivity contribution is 7.99. The highest BCUT2D eigenvalue weighted by atomic mass is 32.2. The fourth-order valence-electron chi connectivity index (χ4n) is 2.45. The van der Waals surface area contributed by atoms with Crippen molar-refractivity contribution in [1.82, 2.24) is 10.2 Å². The van der Waals surface area contributed by atoms with Gasteiger partial charge in [0.15, 0.2) is 11.5 Å². The van der Waals surface area contributed by atoms with Crippen LogP contribution in [0.3, 0.4) is 0 Å². The molecule has 0 aliphatic rings. The van der Waals surface area contributed by atoms with Crippen molar-refractivity contribution in [3.63, 3.8) is 0 Å². The summed E-state index contributed by atoms with van der Waals surface area (Å²) in [4.78, 5) is 12.0. The molecule has 0 saturated heterocycles. The third-order valence-corrected chi connectivity index (χ3v) is 4.66. The topological polar surface area (TPSA) is 86.5 Å². The molecule has 1 heterocycles. The van der Waals surface area contributed by atoms with E-state index in [9.17, 15) is 18.0 Å². The summed E-state index contributed by atoms with van der Waals surface area (Å²) >= 11 is 0.960. The second-order valence-corrected chi connectivity index (χ2v) is 6.78. The van der Waals surface area contributed by atoms with Crippen LogP contribution in [-0.4, -0.2) is 36.1 Å². The van der Waals surface area contributed by atoms with Crippen molar-refractivity contribution < 1.29 is 31.9 Å². The van der Waals surface area contributed by atoms with E-state index in [1.165, 1.54) is 26.4 Å². The van der Waals surface area contributed by atoms with E-state index in [1.54, 1.807) is 18.2 Å². The van der Waals surface area contributed by atoms with Crippen molar-refractivity contribution in [1.29, 1.82) is 0 Å². The van der Waals surface area contributed by atoms with Gasteiger partial charge in [-0.25, -0.2) is 0 Å². The first-order valence-corrected chi connectivity index (χ1v) is 9.44. The fourth-order valence-corrected chi connectivity index (χ4v) is 3.01. The minimum atomic E-state index is -4.49. The number of aromatic nitrogens is 2. The van der Waals surface area contributed by atoms with Crippen molar-refractivity contribution in [2.45, 2.75) is 11.4 Å². The molecule has 7 nitrogen and oxygen atoms in total. The summed E-state index contributed by atoms with van der Waals surface area (Å²) in [5.74, 6) is 0.621. The number of methoxy groups -OCH3 is 2. The van der Waals surface area contributed by atoms with Crippen LogP contribution in [-0.2, 0) is 11.0 Å². The van der Waals surface area contributed by atoms with Crippen molar-refractivity contribution in [2.75, 3.05) is 25.3 Å². The van der Waals surface area contributed by atoms with E-state index < -0.39 is 17.6 Å². The number of thioether (sulfide) groups is 1. The van der Waals surface area contributed by atoms with Gasteiger partial charge in [0.05, 0.1) is 25.5 Å². The van der Waals surface area contributed by atoms with E-state index in [1.807, 2.05) is 0 Å². The molecule has 30 heavy (non-hydrogen) atoms. The van der Waals surface area contributed by atoms with Crippen LogP contribution in [0.2, 0.25) is 0 Å². The average molecular weight is 439 g/mol. The second-order valence-electron chi connectivity index (χ2n) is 5.86. The standard InChI is InChI=1S/C19H16F3N3O4S/c1-27-14-7-6-11(8-15(14)28-2)17-24-25-18(29-17)30-10-16(26)23-13-5-3-4-12(9-13)19(20,21)22/h3-9H,10H2,1-2H3,(H,23,26). The molecule has 1 amide bonds. The fraction of sp³-hybridized carbons (Fsp3) is 0.211. The number of anilines is 1. The summed E-state index contributed by atoms with van der Waals surface area (Å²) in [5, 5.41) is 10.3. The molecule has 0 bridgehead atoms. The number of rotatable bonds is 7. The zero-order valence-electron chi connectivity index (χ0n) is 15.8. The van der Waals surface area contributed by atoms with Gasteiger partial charge in [0, 0.05) is 11.3 Å². The summed E-state index contributed by atoms with van der Waals surface area (Å²) in [6, 6.07) is 9.46. The van der Waals surface area contributed by atoms with Crippen LogP contribution in [0.25, 0.3) is 11.5 Å². The van der Waals surface area contributed by atoms with Crippen LogP contribution in [0.15, 0.2) is 52.1 Å².